The van der Waals surface area contributed by atoms with Crippen LogP contribution in [0.15, 0.2) is 35.5 Å². The number of thioether (sulfide) groups is 1. The first-order valence-electron chi connectivity index (χ1n) is 8.88. The van der Waals surface area contributed by atoms with Crippen molar-refractivity contribution in [2.75, 3.05) is 13.1 Å². The lowest BCUT2D eigenvalue weighted by atomic mass is 10.1. The molecule has 0 bridgehead atoms. The van der Waals surface area contributed by atoms with E-state index >= 15 is 0 Å². The zero-order valence-electron chi connectivity index (χ0n) is 15.2. The van der Waals surface area contributed by atoms with E-state index < -0.39 is 0 Å². The third-order valence-corrected chi connectivity index (χ3v) is 5.93. The topological polar surface area (TPSA) is 46.1 Å². The lowest BCUT2D eigenvalue weighted by Crippen LogP contribution is -2.38. The Hall–Kier alpha value is -1.88. The van der Waals surface area contributed by atoms with Crippen molar-refractivity contribution in [3.63, 3.8) is 0 Å². The van der Waals surface area contributed by atoms with Crippen molar-refractivity contribution in [2.24, 2.45) is 0 Å². The summed E-state index contributed by atoms with van der Waals surface area (Å²) in [5.74, 6) is 0.176. The summed E-state index contributed by atoms with van der Waals surface area (Å²) < 4.78 is 0. The average Bonchev–Trinajstić information content (AvgIpc) is 2.65. The summed E-state index contributed by atoms with van der Waals surface area (Å²) in [4.78, 5) is 24.4. The van der Waals surface area contributed by atoms with Crippen molar-refractivity contribution < 1.29 is 4.79 Å². The Balaban J connectivity index is 1.90. The molecule has 2 heterocycles. The van der Waals surface area contributed by atoms with Crippen LogP contribution in [0.1, 0.15) is 47.0 Å². The van der Waals surface area contributed by atoms with Gasteiger partial charge in [-0.15, -0.1) is 0 Å². The van der Waals surface area contributed by atoms with E-state index in [1.165, 1.54) is 18.2 Å². The molecule has 1 atom stereocenters. The minimum absolute atomic E-state index is 0.176. The van der Waals surface area contributed by atoms with Gasteiger partial charge in [-0.2, -0.15) is 0 Å². The first-order valence-corrected chi connectivity index (χ1v) is 9.76. The number of carbonyl (C=O) groups is 1. The van der Waals surface area contributed by atoms with Crippen molar-refractivity contribution in [3.8, 4) is 0 Å². The predicted octanol–water partition coefficient (Wildman–Crippen LogP) is 4.25. The highest BCUT2D eigenvalue weighted by Gasteiger charge is 2.29. The Morgan fingerprint density at radius 1 is 1.00 bits per heavy atom. The van der Waals surface area contributed by atoms with E-state index in [0.717, 1.165) is 48.4 Å². The molecule has 0 spiro atoms. The van der Waals surface area contributed by atoms with Gasteiger partial charge in [0.1, 0.15) is 5.25 Å². The van der Waals surface area contributed by atoms with Gasteiger partial charge in [0.15, 0.2) is 5.16 Å². The van der Waals surface area contributed by atoms with E-state index in [2.05, 4.69) is 9.97 Å². The smallest absolute Gasteiger partial charge is 0.240 e. The van der Waals surface area contributed by atoms with Crippen LogP contribution in [0.2, 0.25) is 0 Å². The van der Waals surface area contributed by atoms with E-state index in [-0.39, 0.29) is 11.2 Å². The molecule has 1 saturated heterocycles. The molecular weight excluding hydrogens is 330 g/mol. The van der Waals surface area contributed by atoms with Gasteiger partial charge in [0.2, 0.25) is 5.91 Å². The Bertz CT molecular complexity index is 719. The van der Waals surface area contributed by atoms with Crippen LogP contribution >= 0.6 is 11.8 Å². The molecule has 4 nitrogen and oxygen atoms in total. The molecule has 0 radical (unpaired) electrons. The summed E-state index contributed by atoms with van der Waals surface area (Å²) >= 11 is 1.47. The zero-order chi connectivity index (χ0) is 17.8. The molecule has 1 aliphatic rings. The number of rotatable bonds is 4. The van der Waals surface area contributed by atoms with Crippen molar-refractivity contribution in [1.29, 1.82) is 0 Å². The molecule has 0 aliphatic carbocycles. The molecule has 2 aromatic rings. The van der Waals surface area contributed by atoms with Crippen molar-refractivity contribution in [2.45, 2.75) is 50.4 Å². The number of likely N-dealkylation sites (tertiary alicyclic amines) is 1. The number of nitrogens with zero attached hydrogens (tertiary/aromatic N) is 3. The summed E-state index contributed by atoms with van der Waals surface area (Å²) in [6.45, 7) is 7.74. The fourth-order valence-electron chi connectivity index (χ4n) is 3.07. The molecule has 0 unspecified atom stereocenters. The molecule has 1 aromatic heterocycles. The normalized spacial score (nSPS) is 15.9. The summed E-state index contributed by atoms with van der Waals surface area (Å²) in [6.07, 6.45) is 3.40. The number of hydrogen-bond donors (Lipinski definition) is 0. The van der Waals surface area contributed by atoms with E-state index in [1.54, 1.807) is 0 Å². The number of aromatic nitrogens is 2. The highest BCUT2D eigenvalue weighted by Crippen LogP contribution is 2.36. The first kappa shape index (κ1) is 17.9. The van der Waals surface area contributed by atoms with Crippen LogP contribution in [0.25, 0.3) is 0 Å². The largest absolute Gasteiger partial charge is 0.341 e. The summed E-state index contributed by atoms with van der Waals surface area (Å²) in [5, 5.41) is 0.389. The average molecular weight is 356 g/mol. The molecule has 1 amide bonds. The van der Waals surface area contributed by atoms with E-state index in [4.69, 9.17) is 0 Å². The molecule has 5 heteroatoms. The Morgan fingerprint density at radius 3 is 2.20 bits per heavy atom. The quantitative estimate of drug-likeness (QED) is 0.608. The van der Waals surface area contributed by atoms with Crippen LogP contribution in [0.4, 0.5) is 0 Å². The second-order valence-electron chi connectivity index (χ2n) is 6.60. The lowest BCUT2D eigenvalue weighted by Gasteiger charge is -2.30. The van der Waals surface area contributed by atoms with Crippen LogP contribution < -0.4 is 0 Å². The van der Waals surface area contributed by atoms with Crippen molar-refractivity contribution in [3.05, 3.63) is 52.8 Å². The van der Waals surface area contributed by atoms with Gasteiger partial charge in [-0.05, 0) is 51.2 Å². The maximum absolute atomic E-state index is 13.2. The Labute approximate surface area is 154 Å². The summed E-state index contributed by atoms with van der Waals surface area (Å²) in [7, 11) is 0. The molecule has 1 fully saturated rings. The predicted molar refractivity (Wildman–Crippen MR) is 102 cm³/mol. The molecule has 3 rings (SSSR count). The summed E-state index contributed by atoms with van der Waals surface area (Å²) in [5.41, 5.74) is 4.09. The maximum Gasteiger partial charge on any atom is 0.240 e. The van der Waals surface area contributed by atoms with Gasteiger partial charge in [-0.3, -0.25) is 4.79 Å². The second kappa shape index (κ2) is 8.00. The Morgan fingerprint density at radius 2 is 1.60 bits per heavy atom. The van der Waals surface area contributed by atoms with Crippen LogP contribution in [0.5, 0.6) is 0 Å². The minimum Gasteiger partial charge on any atom is -0.341 e. The van der Waals surface area contributed by atoms with E-state index in [0.29, 0.717) is 5.16 Å². The highest BCUT2D eigenvalue weighted by atomic mass is 32.2. The van der Waals surface area contributed by atoms with Gasteiger partial charge in [-0.1, -0.05) is 42.1 Å². The van der Waals surface area contributed by atoms with Gasteiger partial charge in [0.05, 0.1) is 0 Å². The molecule has 25 heavy (non-hydrogen) atoms. The monoisotopic (exact) mass is 355 g/mol. The molecule has 132 valence electrons. The van der Waals surface area contributed by atoms with Crippen LogP contribution in [0.3, 0.4) is 0 Å². The van der Waals surface area contributed by atoms with Gasteiger partial charge in [-0.25, -0.2) is 9.97 Å². The minimum atomic E-state index is -0.291. The van der Waals surface area contributed by atoms with Crippen LogP contribution in [-0.2, 0) is 4.79 Å². The number of amides is 1. The first-order chi connectivity index (χ1) is 12.1. The number of hydrogen-bond acceptors (Lipinski definition) is 4. The fraction of sp³-hybridized carbons (Fsp3) is 0.450. The van der Waals surface area contributed by atoms with Gasteiger partial charge < -0.3 is 4.90 Å². The third-order valence-electron chi connectivity index (χ3n) is 4.83. The fourth-order valence-corrected chi connectivity index (χ4v) is 4.20. The number of benzene rings is 1. The van der Waals surface area contributed by atoms with Crippen molar-refractivity contribution >= 4 is 17.7 Å². The maximum atomic E-state index is 13.2. The molecule has 1 aliphatic heterocycles. The van der Waals surface area contributed by atoms with Gasteiger partial charge in [0.25, 0.3) is 0 Å². The number of carbonyl (C=O) groups excluding carboxylic acids is 1. The molecular formula is C20H25N3OS. The molecule has 0 saturated carbocycles. The van der Waals surface area contributed by atoms with Gasteiger partial charge in [0, 0.05) is 24.5 Å². The second-order valence-corrected chi connectivity index (χ2v) is 7.67. The molecule has 1 aromatic carbocycles. The number of aryl methyl sites for hydroxylation is 2. The summed E-state index contributed by atoms with van der Waals surface area (Å²) in [6, 6.07) is 9.99. The zero-order valence-corrected chi connectivity index (χ0v) is 16.0. The highest BCUT2D eigenvalue weighted by molar-refractivity contribution is 8.00. The SMILES string of the molecule is Cc1nc(S[C@@H](C(=O)N2CCCCC2)c2ccccc2)nc(C)c1C. The van der Waals surface area contributed by atoms with E-state index in [1.807, 2.05) is 56.0 Å². The van der Waals surface area contributed by atoms with Crippen molar-refractivity contribution in [1.82, 2.24) is 14.9 Å². The lowest BCUT2D eigenvalue weighted by molar-refractivity contribution is -0.131. The molecule has 0 N–H and O–H groups in total. The van der Waals surface area contributed by atoms with Crippen LogP contribution in [0, 0.1) is 20.8 Å². The standard InChI is InChI=1S/C20H25N3OS/c1-14-15(2)21-20(22-16(14)3)25-18(17-10-6-4-7-11-17)19(24)23-12-8-5-9-13-23/h4,6-7,10-11,18H,5,8-9,12-13H2,1-3H3/t18-/m1/s1. The van der Waals surface area contributed by atoms with Crippen LogP contribution in [-0.4, -0.2) is 33.9 Å². The number of piperidine rings is 1. The third kappa shape index (κ3) is 4.21. The Kier molecular flexibility index (Phi) is 5.74. The van der Waals surface area contributed by atoms with Gasteiger partial charge >= 0.3 is 0 Å². The van der Waals surface area contributed by atoms with E-state index in [9.17, 15) is 4.79 Å².